The standard InChI is InChI=1S/C32H42N4O6S.C9H12O/c1-22-29(25-8-11-27-24(21-25)12-14-36(27)5)35-30(43-22)34-28(37)20-23-6-9-26(10-7-23)41-19-18-40-17-16-39-15-13-33-31(38)42-32(2,3)4;1-4-6-8(3)9(5-2)7-10/h6-11,21H,12-20H2,1-5H3,(H,33,38)(H,34,35,37);4-7H,1H2,2-3H3/b;8-6-,9-5-. The third kappa shape index (κ3) is 15.0. The molecule has 0 aliphatic carbocycles. The van der Waals surface area contributed by atoms with E-state index in [1.54, 1.807) is 12.2 Å². The Morgan fingerprint density at radius 1 is 1.04 bits per heavy atom. The lowest BCUT2D eigenvalue weighted by Gasteiger charge is -2.19. The highest BCUT2D eigenvalue weighted by molar-refractivity contribution is 7.16. The molecule has 1 aliphatic rings. The number of aryl methyl sites for hydroxylation is 1. The highest BCUT2D eigenvalue weighted by atomic mass is 32.1. The molecule has 0 radical (unpaired) electrons. The molecule has 12 heteroatoms. The van der Waals surface area contributed by atoms with Crippen molar-refractivity contribution in [2.24, 2.45) is 0 Å². The zero-order valence-corrected chi connectivity index (χ0v) is 32.9. The van der Waals surface area contributed by atoms with E-state index in [-0.39, 0.29) is 12.3 Å². The average Bonchev–Trinajstić information content (AvgIpc) is 3.66. The summed E-state index contributed by atoms with van der Waals surface area (Å²) in [6, 6.07) is 13.9. The monoisotopic (exact) mass is 746 g/mol. The van der Waals surface area contributed by atoms with Crippen molar-refractivity contribution in [2.45, 2.75) is 60.0 Å². The number of hydrogen-bond acceptors (Lipinski definition) is 10. The molecule has 0 fully saturated rings. The second-order valence-electron chi connectivity index (χ2n) is 13.3. The van der Waals surface area contributed by atoms with E-state index in [0.717, 1.165) is 52.1 Å². The van der Waals surface area contributed by atoms with Crippen LogP contribution in [0, 0.1) is 6.92 Å². The number of hydrogen-bond donors (Lipinski definition) is 2. The van der Waals surface area contributed by atoms with Crippen LogP contribution < -0.4 is 20.3 Å². The smallest absolute Gasteiger partial charge is 0.407 e. The van der Waals surface area contributed by atoms with Gasteiger partial charge < -0.3 is 34.5 Å². The number of thiazole rings is 1. The van der Waals surface area contributed by atoms with Crippen molar-refractivity contribution in [1.29, 1.82) is 0 Å². The Bertz CT molecular complexity index is 1720. The van der Waals surface area contributed by atoms with Crippen LogP contribution in [0.4, 0.5) is 15.6 Å². The van der Waals surface area contributed by atoms with Crippen molar-refractivity contribution in [1.82, 2.24) is 10.3 Å². The summed E-state index contributed by atoms with van der Waals surface area (Å²) < 4.78 is 21.8. The molecule has 4 rings (SSSR count). The van der Waals surface area contributed by atoms with Gasteiger partial charge in [-0.2, -0.15) is 0 Å². The van der Waals surface area contributed by atoms with Gasteiger partial charge in [0.25, 0.3) is 0 Å². The molecule has 2 aromatic carbocycles. The largest absolute Gasteiger partial charge is 0.491 e. The summed E-state index contributed by atoms with van der Waals surface area (Å²) in [7, 11) is 2.11. The molecule has 0 saturated carbocycles. The molecule has 0 bridgehead atoms. The lowest BCUT2D eigenvalue weighted by molar-refractivity contribution is -0.115. The summed E-state index contributed by atoms with van der Waals surface area (Å²) in [5.41, 5.74) is 6.66. The number of anilines is 2. The van der Waals surface area contributed by atoms with Gasteiger partial charge >= 0.3 is 6.09 Å². The Kier molecular flexibility index (Phi) is 17.4. The summed E-state index contributed by atoms with van der Waals surface area (Å²) in [6.45, 7) is 18.2. The summed E-state index contributed by atoms with van der Waals surface area (Å²) in [6.07, 6.45) is 6.93. The number of allylic oxidation sites excluding steroid dienone is 5. The van der Waals surface area contributed by atoms with Crippen LogP contribution in [0.3, 0.4) is 0 Å². The number of ether oxygens (including phenoxy) is 4. The normalized spacial score (nSPS) is 12.7. The van der Waals surface area contributed by atoms with Gasteiger partial charge in [0, 0.05) is 41.8 Å². The first-order valence-corrected chi connectivity index (χ1v) is 18.5. The maximum atomic E-state index is 12.7. The SMILES string of the molecule is C=C/C=C(C)\C(C=O)=C/C.Cc1sc(NC(=O)Cc2ccc(OCCOCCOCCNC(=O)OC(C)(C)C)cc2)nc1-c1ccc2c(c1)CCN2C. The van der Waals surface area contributed by atoms with Crippen molar-refractivity contribution >= 4 is 40.4 Å². The number of amides is 2. The second kappa shape index (κ2) is 21.7. The van der Waals surface area contributed by atoms with Crippen molar-refractivity contribution < 1.29 is 33.3 Å². The van der Waals surface area contributed by atoms with E-state index in [4.69, 9.17) is 23.9 Å². The van der Waals surface area contributed by atoms with Crippen molar-refractivity contribution in [3.05, 3.63) is 94.4 Å². The number of benzene rings is 2. The molecular formula is C41H54N4O7S. The van der Waals surface area contributed by atoms with Gasteiger partial charge in [0.05, 0.1) is 38.5 Å². The molecule has 0 atom stereocenters. The van der Waals surface area contributed by atoms with Gasteiger partial charge in [-0.05, 0) is 88.9 Å². The van der Waals surface area contributed by atoms with Crippen LogP contribution in [0.25, 0.3) is 11.3 Å². The first kappa shape index (κ1) is 42.6. The molecule has 0 spiro atoms. The number of alkyl carbamates (subject to hydrolysis) is 1. The lowest BCUT2D eigenvalue weighted by Crippen LogP contribution is -2.34. The summed E-state index contributed by atoms with van der Waals surface area (Å²) in [5, 5.41) is 6.20. The van der Waals surface area contributed by atoms with Gasteiger partial charge in [0.1, 0.15) is 24.2 Å². The van der Waals surface area contributed by atoms with Crippen LogP contribution in [-0.4, -0.2) is 82.0 Å². The highest BCUT2D eigenvalue weighted by Crippen LogP contribution is 2.35. The second-order valence-corrected chi connectivity index (χ2v) is 14.5. The maximum Gasteiger partial charge on any atom is 0.407 e. The Hall–Kier alpha value is -4.78. The number of fused-ring (bicyclic) bond motifs is 1. The van der Waals surface area contributed by atoms with E-state index in [1.807, 2.05) is 71.9 Å². The molecule has 0 saturated heterocycles. The molecule has 286 valence electrons. The zero-order chi connectivity index (χ0) is 38.8. The van der Waals surface area contributed by atoms with E-state index in [2.05, 4.69) is 47.4 Å². The van der Waals surface area contributed by atoms with Gasteiger partial charge in [0.15, 0.2) is 5.13 Å². The molecule has 2 N–H and O–H groups in total. The van der Waals surface area contributed by atoms with Gasteiger partial charge in [0.2, 0.25) is 5.91 Å². The maximum absolute atomic E-state index is 12.7. The fourth-order valence-corrected chi connectivity index (χ4v) is 6.08. The molecule has 11 nitrogen and oxygen atoms in total. The summed E-state index contributed by atoms with van der Waals surface area (Å²) >= 11 is 1.49. The zero-order valence-electron chi connectivity index (χ0n) is 32.1. The van der Waals surface area contributed by atoms with Crippen LogP contribution in [0.15, 0.2) is 78.4 Å². The number of likely N-dealkylation sites (N-methyl/N-ethyl adjacent to an activating group) is 1. The molecule has 53 heavy (non-hydrogen) atoms. The van der Waals surface area contributed by atoms with Gasteiger partial charge in [-0.15, -0.1) is 11.3 Å². The van der Waals surface area contributed by atoms with E-state index >= 15 is 0 Å². The summed E-state index contributed by atoms with van der Waals surface area (Å²) in [4.78, 5) is 42.6. The number of nitrogens with zero attached hydrogens (tertiary/aromatic N) is 2. The first-order valence-electron chi connectivity index (χ1n) is 17.7. The van der Waals surface area contributed by atoms with Crippen molar-refractivity contribution in [3.63, 3.8) is 0 Å². The van der Waals surface area contributed by atoms with E-state index in [1.165, 1.54) is 22.6 Å². The molecule has 0 unspecified atom stereocenters. The first-order chi connectivity index (χ1) is 25.3. The Labute approximate surface area is 318 Å². The lowest BCUT2D eigenvalue weighted by atomic mass is 10.1. The van der Waals surface area contributed by atoms with Crippen LogP contribution in [0.1, 0.15) is 50.6 Å². The minimum absolute atomic E-state index is 0.110. The topological polar surface area (TPSA) is 128 Å². The molecule has 1 aromatic heterocycles. The number of carbonyl (C=O) groups is 3. The number of rotatable bonds is 17. The average molecular weight is 747 g/mol. The van der Waals surface area contributed by atoms with Crippen LogP contribution in [0.2, 0.25) is 0 Å². The van der Waals surface area contributed by atoms with Gasteiger partial charge in [-0.1, -0.05) is 43.0 Å². The van der Waals surface area contributed by atoms with E-state index in [9.17, 15) is 14.4 Å². The molecular weight excluding hydrogens is 693 g/mol. The Balaban J connectivity index is 0.000000661. The van der Waals surface area contributed by atoms with Crippen LogP contribution >= 0.6 is 11.3 Å². The van der Waals surface area contributed by atoms with Gasteiger partial charge in [-0.25, -0.2) is 9.78 Å². The third-order valence-electron chi connectivity index (χ3n) is 7.86. The predicted molar refractivity (Wildman–Crippen MR) is 213 cm³/mol. The van der Waals surface area contributed by atoms with Crippen molar-refractivity contribution in [2.75, 3.05) is 63.4 Å². The molecule has 2 amide bonds. The summed E-state index contributed by atoms with van der Waals surface area (Å²) in [5.74, 6) is 0.596. The predicted octanol–water partition coefficient (Wildman–Crippen LogP) is 7.49. The van der Waals surface area contributed by atoms with E-state index in [0.29, 0.717) is 50.5 Å². The number of aldehydes is 1. The molecule has 3 aromatic rings. The Morgan fingerprint density at radius 2 is 1.74 bits per heavy atom. The van der Waals surface area contributed by atoms with Crippen LogP contribution in [0.5, 0.6) is 5.75 Å². The minimum atomic E-state index is -0.520. The molecule has 2 heterocycles. The number of nitrogens with one attached hydrogen (secondary N) is 2. The van der Waals surface area contributed by atoms with E-state index < -0.39 is 11.7 Å². The fraction of sp³-hybridized carbons (Fsp3) is 0.415. The van der Waals surface area contributed by atoms with Crippen molar-refractivity contribution in [3.8, 4) is 17.0 Å². The highest BCUT2D eigenvalue weighted by Gasteiger charge is 2.19. The quantitative estimate of drug-likeness (QED) is 0.0625. The number of aromatic nitrogens is 1. The molecule has 1 aliphatic heterocycles. The number of carbonyl (C=O) groups excluding carboxylic acids is 3. The fourth-order valence-electron chi connectivity index (χ4n) is 5.23. The van der Waals surface area contributed by atoms with Crippen LogP contribution in [-0.2, 0) is 36.6 Å². The Morgan fingerprint density at radius 3 is 2.40 bits per heavy atom. The minimum Gasteiger partial charge on any atom is -0.491 e. The van der Waals surface area contributed by atoms with Gasteiger partial charge in [-0.3, -0.25) is 9.59 Å². The third-order valence-corrected chi connectivity index (χ3v) is 8.74.